The quantitative estimate of drug-likeness (QED) is 0.839. The molecule has 0 saturated heterocycles. The second-order valence-corrected chi connectivity index (χ2v) is 6.07. The second-order valence-electron chi connectivity index (χ2n) is 5.28. The molecule has 22 heavy (non-hydrogen) atoms. The van der Waals surface area contributed by atoms with Crippen LogP contribution in [-0.2, 0) is 4.79 Å². The lowest BCUT2D eigenvalue weighted by Crippen LogP contribution is -2.47. The van der Waals surface area contributed by atoms with Gasteiger partial charge in [0.2, 0.25) is 0 Å². The number of nitrogens with one attached hydrogen (secondary N) is 1. The molecular weight excluding hydrogens is 325 g/mol. The molecule has 0 radical (unpaired) electrons. The molecular formula is C15H17ClFN3OS. The Kier molecular flexibility index (Phi) is 4.72. The maximum absolute atomic E-state index is 14.3. The van der Waals surface area contributed by atoms with Crippen molar-refractivity contribution in [1.29, 1.82) is 0 Å². The summed E-state index contributed by atoms with van der Waals surface area (Å²) in [5.74, 6) is -0.696. The van der Waals surface area contributed by atoms with Crippen molar-refractivity contribution in [2.24, 2.45) is 0 Å². The number of benzene rings is 1. The molecule has 0 bridgehead atoms. The SMILES string of the molecule is CC1=C(C(=O)N(C)C)C(c2c(F)cccc2Cl)NC(=S)N1C. The normalized spacial score (nSPS) is 18.4. The summed E-state index contributed by atoms with van der Waals surface area (Å²) in [6.45, 7) is 1.78. The van der Waals surface area contributed by atoms with E-state index in [1.54, 1.807) is 39.0 Å². The summed E-state index contributed by atoms with van der Waals surface area (Å²) < 4.78 is 14.3. The number of allylic oxidation sites excluding steroid dienone is 1. The Labute approximate surface area is 139 Å². The molecule has 0 spiro atoms. The molecule has 1 unspecified atom stereocenters. The van der Waals surface area contributed by atoms with Crippen LogP contribution < -0.4 is 5.32 Å². The lowest BCUT2D eigenvalue weighted by atomic mass is 9.93. The number of thiocarbonyl (C=S) groups is 1. The first-order valence-corrected chi connectivity index (χ1v) is 7.44. The third kappa shape index (κ3) is 2.80. The van der Waals surface area contributed by atoms with E-state index >= 15 is 0 Å². The summed E-state index contributed by atoms with van der Waals surface area (Å²) in [6, 6.07) is 3.72. The highest BCUT2D eigenvalue weighted by molar-refractivity contribution is 7.80. The van der Waals surface area contributed by atoms with Crippen LogP contribution in [0.2, 0.25) is 5.02 Å². The summed E-state index contributed by atoms with van der Waals surface area (Å²) in [7, 11) is 5.05. The van der Waals surface area contributed by atoms with Crippen LogP contribution in [0, 0.1) is 5.82 Å². The number of nitrogens with zero attached hydrogens (tertiary/aromatic N) is 2. The molecule has 2 rings (SSSR count). The predicted octanol–water partition coefficient (Wildman–Crippen LogP) is 2.70. The third-order valence-electron chi connectivity index (χ3n) is 3.68. The lowest BCUT2D eigenvalue weighted by molar-refractivity contribution is -0.125. The average molecular weight is 342 g/mol. The first-order valence-electron chi connectivity index (χ1n) is 6.66. The highest BCUT2D eigenvalue weighted by Crippen LogP contribution is 2.35. The van der Waals surface area contributed by atoms with Gasteiger partial charge in [0.25, 0.3) is 5.91 Å². The Balaban J connectivity index is 2.67. The molecule has 1 amide bonds. The number of carbonyl (C=O) groups is 1. The van der Waals surface area contributed by atoms with Crippen molar-refractivity contribution in [3.8, 4) is 0 Å². The predicted molar refractivity (Wildman–Crippen MR) is 89.0 cm³/mol. The molecule has 0 aromatic heterocycles. The van der Waals surface area contributed by atoms with Gasteiger partial charge < -0.3 is 15.1 Å². The second kappa shape index (κ2) is 6.22. The van der Waals surface area contributed by atoms with Crippen molar-refractivity contribution in [2.75, 3.05) is 21.1 Å². The monoisotopic (exact) mass is 341 g/mol. The van der Waals surface area contributed by atoms with Crippen LogP contribution in [0.5, 0.6) is 0 Å². The van der Waals surface area contributed by atoms with Crippen molar-refractivity contribution in [3.63, 3.8) is 0 Å². The Morgan fingerprint density at radius 2 is 2.09 bits per heavy atom. The average Bonchev–Trinajstić information content (AvgIpc) is 2.44. The summed E-state index contributed by atoms with van der Waals surface area (Å²) in [5, 5.41) is 3.67. The van der Waals surface area contributed by atoms with Gasteiger partial charge in [0, 0.05) is 37.4 Å². The van der Waals surface area contributed by atoms with Gasteiger partial charge >= 0.3 is 0 Å². The van der Waals surface area contributed by atoms with Crippen molar-refractivity contribution in [1.82, 2.24) is 15.1 Å². The van der Waals surface area contributed by atoms with E-state index in [4.69, 9.17) is 23.8 Å². The van der Waals surface area contributed by atoms with Gasteiger partial charge in [-0.05, 0) is 31.3 Å². The fraction of sp³-hybridized carbons (Fsp3) is 0.333. The molecule has 1 aliphatic rings. The van der Waals surface area contributed by atoms with Crippen LogP contribution in [0.25, 0.3) is 0 Å². The van der Waals surface area contributed by atoms with Crippen molar-refractivity contribution >= 4 is 34.8 Å². The first-order chi connectivity index (χ1) is 10.3. The zero-order chi connectivity index (χ0) is 16.6. The molecule has 0 fully saturated rings. The Hall–Kier alpha value is -1.66. The number of likely N-dealkylation sites (N-methyl/N-ethyl adjacent to an activating group) is 1. The number of rotatable bonds is 2. The minimum atomic E-state index is -0.715. The molecule has 118 valence electrons. The van der Waals surface area contributed by atoms with Crippen molar-refractivity contribution < 1.29 is 9.18 Å². The number of carbonyl (C=O) groups excluding carboxylic acids is 1. The summed E-state index contributed by atoms with van der Waals surface area (Å²) in [5.41, 5.74) is 1.32. The van der Waals surface area contributed by atoms with Gasteiger partial charge in [-0.2, -0.15) is 0 Å². The molecule has 1 aromatic carbocycles. The molecule has 1 aromatic rings. The standard InChI is InChI=1S/C15H17ClFN3OS/c1-8-11(14(21)19(2)3)13(18-15(22)20(8)4)12-9(16)6-5-7-10(12)17/h5-7,13H,1-4H3,(H,18,22). The van der Waals surface area contributed by atoms with Gasteiger partial charge in [0.15, 0.2) is 5.11 Å². The van der Waals surface area contributed by atoms with E-state index in [9.17, 15) is 9.18 Å². The van der Waals surface area contributed by atoms with Crippen LogP contribution in [0.4, 0.5) is 4.39 Å². The van der Waals surface area contributed by atoms with Crippen LogP contribution in [0.15, 0.2) is 29.5 Å². The summed E-state index contributed by atoms with van der Waals surface area (Å²) in [4.78, 5) is 15.7. The zero-order valence-electron chi connectivity index (χ0n) is 12.8. The van der Waals surface area contributed by atoms with E-state index in [1.165, 1.54) is 17.0 Å². The van der Waals surface area contributed by atoms with Crippen LogP contribution >= 0.6 is 23.8 Å². The van der Waals surface area contributed by atoms with Gasteiger partial charge in [-0.25, -0.2) is 4.39 Å². The minimum Gasteiger partial charge on any atom is -0.351 e. The molecule has 7 heteroatoms. The number of amides is 1. The molecule has 0 aliphatic carbocycles. The minimum absolute atomic E-state index is 0.219. The fourth-order valence-corrected chi connectivity index (χ4v) is 2.88. The van der Waals surface area contributed by atoms with E-state index in [1.807, 2.05) is 0 Å². The highest BCUT2D eigenvalue weighted by Gasteiger charge is 2.35. The van der Waals surface area contributed by atoms with Crippen LogP contribution in [-0.4, -0.2) is 42.0 Å². The molecule has 1 aliphatic heterocycles. The van der Waals surface area contributed by atoms with E-state index in [2.05, 4.69) is 5.32 Å². The summed E-state index contributed by atoms with van der Waals surface area (Å²) >= 11 is 11.4. The van der Waals surface area contributed by atoms with E-state index < -0.39 is 11.9 Å². The third-order valence-corrected chi connectivity index (χ3v) is 4.40. The van der Waals surface area contributed by atoms with E-state index in [-0.39, 0.29) is 16.5 Å². The fourth-order valence-electron chi connectivity index (χ4n) is 2.36. The van der Waals surface area contributed by atoms with Crippen LogP contribution in [0.3, 0.4) is 0 Å². The summed E-state index contributed by atoms with van der Waals surface area (Å²) in [6.07, 6.45) is 0. The largest absolute Gasteiger partial charge is 0.351 e. The van der Waals surface area contributed by atoms with Crippen LogP contribution in [0.1, 0.15) is 18.5 Å². The van der Waals surface area contributed by atoms with Gasteiger partial charge in [-0.15, -0.1) is 0 Å². The van der Waals surface area contributed by atoms with Gasteiger partial charge in [-0.1, -0.05) is 17.7 Å². The number of hydrogen-bond acceptors (Lipinski definition) is 2. The number of hydrogen-bond donors (Lipinski definition) is 1. The molecule has 1 atom stereocenters. The Morgan fingerprint density at radius 3 is 2.64 bits per heavy atom. The topological polar surface area (TPSA) is 35.6 Å². The molecule has 1 heterocycles. The van der Waals surface area contributed by atoms with E-state index in [0.29, 0.717) is 16.4 Å². The van der Waals surface area contributed by atoms with Gasteiger partial charge in [0.05, 0.1) is 11.6 Å². The smallest absolute Gasteiger partial charge is 0.253 e. The highest BCUT2D eigenvalue weighted by atomic mass is 35.5. The Bertz CT molecular complexity index is 655. The maximum Gasteiger partial charge on any atom is 0.253 e. The Morgan fingerprint density at radius 1 is 1.45 bits per heavy atom. The molecule has 1 N–H and O–H groups in total. The number of halogens is 2. The maximum atomic E-state index is 14.3. The van der Waals surface area contributed by atoms with Gasteiger partial charge in [-0.3, -0.25) is 4.79 Å². The molecule has 0 saturated carbocycles. The zero-order valence-corrected chi connectivity index (χ0v) is 14.3. The molecule has 4 nitrogen and oxygen atoms in total. The van der Waals surface area contributed by atoms with Crippen molar-refractivity contribution in [3.05, 3.63) is 45.9 Å². The van der Waals surface area contributed by atoms with Gasteiger partial charge in [0.1, 0.15) is 5.82 Å². The lowest BCUT2D eigenvalue weighted by Gasteiger charge is -2.36. The van der Waals surface area contributed by atoms with Crippen molar-refractivity contribution in [2.45, 2.75) is 13.0 Å². The van der Waals surface area contributed by atoms with E-state index in [0.717, 1.165) is 0 Å². The first kappa shape index (κ1) is 16.7.